The number of nitrogens with zero attached hydrogens (tertiary/aromatic N) is 2. The van der Waals surface area contributed by atoms with Gasteiger partial charge < -0.3 is 9.41 Å². The SMILES string of the molecule is CC(C)(C)[Si](C)(C)Oc1cccc(-c2cn3c(=O)c(Cc4cccs4)nc-3c(Cc3ccccc3)[nH]2)c1. The predicted octanol–water partition coefficient (Wildman–Crippen LogP) is 7.29. The Bertz CT molecular complexity index is 1530. The van der Waals surface area contributed by atoms with E-state index in [1.54, 1.807) is 15.9 Å². The van der Waals surface area contributed by atoms with Crippen molar-refractivity contribution in [2.75, 3.05) is 0 Å². The van der Waals surface area contributed by atoms with E-state index < -0.39 is 8.32 Å². The van der Waals surface area contributed by atoms with Crippen LogP contribution in [0.3, 0.4) is 0 Å². The molecule has 0 amide bonds. The van der Waals surface area contributed by atoms with Gasteiger partial charge in [0.05, 0.1) is 11.4 Å². The van der Waals surface area contributed by atoms with Gasteiger partial charge in [-0.15, -0.1) is 11.3 Å². The van der Waals surface area contributed by atoms with Crippen molar-refractivity contribution in [3.63, 3.8) is 0 Å². The van der Waals surface area contributed by atoms with Gasteiger partial charge in [-0.25, -0.2) is 4.98 Å². The Kier molecular flexibility index (Phi) is 6.68. The fourth-order valence-corrected chi connectivity index (χ4v) is 5.85. The zero-order chi connectivity index (χ0) is 26.2. The number of benzene rings is 2. The summed E-state index contributed by atoms with van der Waals surface area (Å²) in [6, 6.07) is 22.5. The van der Waals surface area contributed by atoms with Crippen LogP contribution >= 0.6 is 11.3 Å². The van der Waals surface area contributed by atoms with E-state index in [4.69, 9.17) is 9.41 Å². The lowest BCUT2D eigenvalue weighted by molar-refractivity contribution is 0.492. The van der Waals surface area contributed by atoms with E-state index in [1.165, 1.54) is 0 Å². The van der Waals surface area contributed by atoms with Gasteiger partial charge in [0.15, 0.2) is 5.82 Å². The van der Waals surface area contributed by atoms with E-state index in [1.807, 2.05) is 54.0 Å². The molecule has 37 heavy (non-hydrogen) atoms. The van der Waals surface area contributed by atoms with Crippen molar-refractivity contribution >= 4 is 19.7 Å². The number of hydrogen-bond donors (Lipinski definition) is 1. The second-order valence-electron chi connectivity index (χ2n) is 11.0. The molecule has 5 nitrogen and oxygen atoms in total. The number of rotatable bonds is 7. The number of aromatic amines is 1. The van der Waals surface area contributed by atoms with Crippen molar-refractivity contribution in [3.8, 4) is 22.8 Å². The van der Waals surface area contributed by atoms with Gasteiger partial charge in [0.25, 0.3) is 5.56 Å². The van der Waals surface area contributed by atoms with Gasteiger partial charge in [-0.2, -0.15) is 0 Å². The molecule has 2 aromatic carbocycles. The normalized spacial score (nSPS) is 12.2. The second kappa shape index (κ2) is 9.80. The Morgan fingerprint density at radius 1 is 1.00 bits per heavy atom. The first-order chi connectivity index (χ1) is 17.6. The standard InChI is InChI=1S/C30H33N3O2SSi/c1-30(2,3)37(4,5)35-23-14-9-13-22(18-23)27-20-33-28(25(31-27)17-21-11-7-6-8-12-21)32-26(29(33)34)19-24-15-10-16-36-24/h6-16,18,20,31H,17,19H2,1-5H3. The third kappa shape index (κ3) is 5.33. The van der Waals surface area contributed by atoms with Crippen LogP contribution in [0.1, 0.15) is 42.6 Å². The number of thiophene rings is 1. The predicted molar refractivity (Wildman–Crippen MR) is 155 cm³/mol. The van der Waals surface area contributed by atoms with Crippen molar-refractivity contribution in [1.29, 1.82) is 0 Å². The Labute approximate surface area is 223 Å². The van der Waals surface area contributed by atoms with Gasteiger partial charge in [-0.1, -0.05) is 69.3 Å². The van der Waals surface area contributed by atoms with Crippen LogP contribution in [-0.4, -0.2) is 22.9 Å². The van der Waals surface area contributed by atoms with Crippen LogP contribution in [0, 0.1) is 0 Å². The maximum absolute atomic E-state index is 13.5. The Morgan fingerprint density at radius 2 is 1.78 bits per heavy atom. The first kappa shape index (κ1) is 25.2. The van der Waals surface area contributed by atoms with Crippen LogP contribution in [0.4, 0.5) is 0 Å². The molecule has 0 unspecified atom stereocenters. The third-order valence-corrected chi connectivity index (χ3v) is 12.5. The van der Waals surface area contributed by atoms with Gasteiger partial charge in [0.2, 0.25) is 8.32 Å². The summed E-state index contributed by atoms with van der Waals surface area (Å²) in [5, 5.41) is 2.13. The van der Waals surface area contributed by atoms with E-state index in [9.17, 15) is 4.79 Å². The van der Waals surface area contributed by atoms with Gasteiger partial charge in [-0.05, 0) is 47.3 Å². The van der Waals surface area contributed by atoms with Crippen LogP contribution in [0.2, 0.25) is 18.1 Å². The maximum Gasteiger partial charge on any atom is 0.278 e. The molecule has 190 valence electrons. The van der Waals surface area contributed by atoms with Crippen molar-refractivity contribution in [1.82, 2.24) is 14.5 Å². The molecule has 3 aromatic rings. The lowest BCUT2D eigenvalue weighted by atomic mass is 10.1. The molecule has 7 heteroatoms. The Hall–Kier alpha value is -3.42. The highest BCUT2D eigenvalue weighted by Gasteiger charge is 2.39. The Morgan fingerprint density at radius 3 is 2.49 bits per heavy atom. The topological polar surface area (TPSA) is 59.9 Å². The van der Waals surface area contributed by atoms with Gasteiger partial charge in [-0.3, -0.25) is 9.36 Å². The molecule has 0 saturated heterocycles. The van der Waals surface area contributed by atoms with Crippen molar-refractivity contribution in [2.45, 2.75) is 51.7 Å². The molecule has 5 rings (SSSR count). The van der Waals surface area contributed by atoms with E-state index >= 15 is 0 Å². The average Bonchev–Trinajstić information content (AvgIpc) is 3.48. The zero-order valence-electron chi connectivity index (χ0n) is 22.0. The molecule has 2 aliphatic heterocycles. The van der Waals surface area contributed by atoms with Crippen molar-refractivity contribution in [3.05, 3.63) is 110 Å². The number of nitrogens with one attached hydrogen (secondary N) is 1. The summed E-state index contributed by atoms with van der Waals surface area (Å²) in [4.78, 5) is 23.0. The molecule has 3 heterocycles. The summed E-state index contributed by atoms with van der Waals surface area (Å²) in [5.74, 6) is 1.53. The summed E-state index contributed by atoms with van der Waals surface area (Å²) in [7, 11) is -1.99. The third-order valence-electron chi connectivity index (χ3n) is 7.22. The average molecular weight is 528 g/mol. The molecule has 0 saturated carbocycles. The first-order valence-electron chi connectivity index (χ1n) is 12.6. The van der Waals surface area contributed by atoms with E-state index in [0.29, 0.717) is 24.4 Å². The fourth-order valence-electron chi connectivity index (χ4n) is 4.12. The molecular formula is C30H33N3O2SSi. The summed E-state index contributed by atoms with van der Waals surface area (Å²) >= 11 is 1.64. The smallest absolute Gasteiger partial charge is 0.278 e. The molecule has 1 N–H and O–H groups in total. The second-order valence-corrected chi connectivity index (χ2v) is 16.8. The molecular weight excluding hydrogens is 495 g/mol. The number of imidazole rings is 1. The number of aromatic nitrogens is 3. The molecule has 0 bridgehead atoms. The summed E-state index contributed by atoms with van der Waals surface area (Å²) < 4.78 is 8.28. The minimum atomic E-state index is -1.99. The van der Waals surface area contributed by atoms with Crippen molar-refractivity contribution < 1.29 is 4.43 Å². The summed E-state index contributed by atoms with van der Waals surface area (Å²) in [6.45, 7) is 11.2. The number of hydrogen-bond acceptors (Lipinski definition) is 4. The van der Waals surface area contributed by atoms with Gasteiger partial charge in [0.1, 0.15) is 11.4 Å². The first-order valence-corrected chi connectivity index (χ1v) is 16.4. The molecule has 1 aromatic heterocycles. The molecule has 0 radical (unpaired) electrons. The number of H-pyrrole nitrogens is 1. The van der Waals surface area contributed by atoms with E-state index in [-0.39, 0.29) is 10.6 Å². The minimum absolute atomic E-state index is 0.0679. The largest absolute Gasteiger partial charge is 0.543 e. The van der Waals surface area contributed by atoms with Gasteiger partial charge in [0, 0.05) is 29.5 Å². The minimum Gasteiger partial charge on any atom is -0.543 e. The van der Waals surface area contributed by atoms with Crippen LogP contribution in [0.25, 0.3) is 17.1 Å². The zero-order valence-corrected chi connectivity index (χ0v) is 23.9. The van der Waals surface area contributed by atoms with Crippen LogP contribution in [-0.2, 0) is 12.8 Å². The quantitative estimate of drug-likeness (QED) is 0.226. The Balaban J connectivity index is 1.59. The molecule has 0 spiro atoms. The molecule has 2 aliphatic rings. The monoisotopic (exact) mass is 527 g/mol. The highest BCUT2D eigenvalue weighted by molar-refractivity contribution is 7.09. The van der Waals surface area contributed by atoms with Crippen LogP contribution in [0.5, 0.6) is 5.75 Å². The van der Waals surface area contributed by atoms with Gasteiger partial charge >= 0.3 is 0 Å². The van der Waals surface area contributed by atoms with Crippen molar-refractivity contribution in [2.24, 2.45) is 0 Å². The summed E-state index contributed by atoms with van der Waals surface area (Å²) in [5.41, 5.74) is 4.40. The fraction of sp³-hybridized carbons (Fsp3) is 0.267. The van der Waals surface area contributed by atoms with E-state index in [2.05, 4.69) is 63.1 Å². The lowest BCUT2D eigenvalue weighted by Crippen LogP contribution is -2.43. The van der Waals surface area contributed by atoms with E-state index in [0.717, 1.165) is 33.1 Å². The maximum atomic E-state index is 13.5. The molecule has 0 fully saturated rings. The lowest BCUT2D eigenvalue weighted by Gasteiger charge is -2.36. The van der Waals surface area contributed by atoms with Crippen LogP contribution < -0.4 is 9.99 Å². The summed E-state index contributed by atoms with van der Waals surface area (Å²) in [6.07, 6.45) is 3.06. The number of fused-ring (bicyclic) bond motifs is 1. The van der Waals surface area contributed by atoms with Crippen LogP contribution in [0.15, 0.2) is 83.1 Å². The highest BCUT2D eigenvalue weighted by Crippen LogP contribution is 2.38. The highest BCUT2D eigenvalue weighted by atomic mass is 32.1. The molecule has 0 atom stereocenters. The molecule has 0 aliphatic carbocycles.